The van der Waals surface area contributed by atoms with E-state index in [1.54, 1.807) is 0 Å². The Morgan fingerprint density at radius 3 is 1.16 bits per heavy atom. The van der Waals surface area contributed by atoms with Crippen LogP contribution in [0.4, 0.5) is 0 Å². The lowest BCUT2D eigenvalue weighted by Crippen LogP contribution is -2.21. The molecule has 1 atom stereocenters. The molecule has 4 aromatic rings. The molecule has 0 amide bonds. The first-order valence-corrected chi connectivity index (χ1v) is 12.3. The van der Waals surface area contributed by atoms with Crippen LogP contribution in [0.5, 0.6) is 23.0 Å². The van der Waals surface area contributed by atoms with E-state index in [4.69, 9.17) is 29.2 Å². The zero-order chi connectivity index (χ0) is 25.9. The second-order valence-corrected chi connectivity index (χ2v) is 8.48. The quantitative estimate of drug-likeness (QED) is 0.249. The molecule has 0 saturated heterocycles. The zero-order valence-corrected chi connectivity index (χ0v) is 20.9. The van der Waals surface area contributed by atoms with Gasteiger partial charge in [0, 0.05) is 0 Å². The first kappa shape index (κ1) is 26.1. The van der Waals surface area contributed by atoms with Gasteiger partial charge >= 0.3 is 0 Å². The van der Waals surface area contributed by atoms with Gasteiger partial charge in [0.1, 0.15) is 48.9 Å². The predicted octanol–water partition coefficient (Wildman–Crippen LogP) is 5.61. The lowest BCUT2D eigenvalue weighted by molar-refractivity contribution is 0.143. The number of ether oxygens (including phenoxy) is 4. The van der Waals surface area contributed by atoms with Gasteiger partial charge in [0.05, 0.1) is 13.2 Å². The predicted molar refractivity (Wildman–Crippen MR) is 145 cm³/mol. The van der Waals surface area contributed by atoms with Gasteiger partial charge < -0.3 is 29.2 Å². The number of aliphatic hydroxyl groups is 2. The molecule has 6 heteroatoms. The highest BCUT2D eigenvalue weighted by Crippen LogP contribution is 2.26. The van der Waals surface area contributed by atoms with Gasteiger partial charge in [-0.15, -0.1) is 0 Å². The molecule has 0 radical (unpaired) electrons. The monoisotopic (exact) mass is 500 g/mol. The molecular formula is C31H32O6. The van der Waals surface area contributed by atoms with Crippen molar-refractivity contribution in [1.29, 1.82) is 0 Å². The Morgan fingerprint density at radius 2 is 0.811 bits per heavy atom. The first-order chi connectivity index (χ1) is 18.1. The summed E-state index contributed by atoms with van der Waals surface area (Å²) in [6, 6.07) is 31.5. The molecule has 0 aliphatic rings. The molecule has 4 aromatic carbocycles. The van der Waals surface area contributed by atoms with E-state index < -0.39 is 0 Å². The summed E-state index contributed by atoms with van der Waals surface area (Å²) in [4.78, 5) is 0. The summed E-state index contributed by atoms with van der Waals surface area (Å²) in [6.07, 6.45) is -0.125. The molecule has 0 aliphatic carbocycles. The largest absolute Gasteiger partial charge is 0.491 e. The second-order valence-electron chi connectivity index (χ2n) is 8.48. The van der Waals surface area contributed by atoms with Gasteiger partial charge in [0.25, 0.3) is 0 Å². The van der Waals surface area contributed by atoms with Crippen LogP contribution in [0.3, 0.4) is 0 Å². The summed E-state index contributed by atoms with van der Waals surface area (Å²) in [6.45, 7) is 2.98. The average Bonchev–Trinajstić information content (AvgIpc) is 2.95. The normalized spacial score (nSPS) is 11.5. The SMILES string of the molecule is CC(COc1ccc(-c2ccc(OCCO)cc2)cc1)Oc1ccc(-c2ccc(OCCO)cc2)cc1. The number of hydrogen-bond acceptors (Lipinski definition) is 6. The molecule has 6 nitrogen and oxygen atoms in total. The van der Waals surface area contributed by atoms with Crippen molar-refractivity contribution < 1.29 is 29.2 Å². The van der Waals surface area contributed by atoms with Gasteiger partial charge in [0.15, 0.2) is 0 Å². The van der Waals surface area contributed by atoms with Gasteiger partial charge in [-0.1, -0.05) is 48.5 Å². The van der Waals surface area contributed by atoms with E-state index in [-0.39, 0.29) is 32.5 Å². The summed E-state index contributed by atoms with van der Waals surface area (Å²) < 4.78 is 22.8. The van der Waals surface area contributed by atoms with Crippen molar-refractivity contribution in [3.63, 3.8) is 0 Å². The minimum Gasteiger partial charge on any atom is -0.491 e. The van der Waals surface area contributed by atoms with Gasteiger partial charge in [-0.25, -0.2) is 0 Å². The molecule has 0 fully saturated rings. The van der Waals surface area contributed by atoms with Gasteiger partial charge in [-0.3, -0.25) is 0 Å². The van der Waals surface area contributed by atoms with Crippen LogP contribution in [0.2, 0.25) is 0 Å². The fraction of sp³-hybridized carbons (Fsp3) is 0.226. The number of hydrogen-bond donors (Lipinski definition) is 2. The van der Waals surface area contributed by atoms with Gasteiger partial charge in [0.2, 0.25) is 0 Å². The molecule has 192 valence electrons. The van der Waals surface area contributed by atoms with Crippen LogP contribution in [0.25, 0.3) is 22.3 Å². The van der Waals surface area contributed by atoms with E-state index in [9.17, 15) is 0 Å². The topological polar surface area (TPSA) is 77.4 Å². The molecule has 0 bridgehead atoms. The fourth-order valence-corrected chi connectivity index (χ4v) is 3.76. The molecule has 0 aliphatic heterocycles. The van der Waals surface area contributed by atoms with Gasteiger partial charge in [-0.05, 0) is 77.7 Å². The third kappa shape index (κ3) is 7.74. The van der Waals surface area contributed by atoms with Crippen LogP contribution < -0.4 is 18.9 Å². The van der Waals surface area contributed by atoms with Crippen molar-refractivity contribution in [2.24, 2.45) is 0 Å². The van der Waals surface area contributed by atoms with Crippen LogP contribution in [0, 0.1) is 0 Å². The lowest BCUT2D eigenvalue weighted by Gasteiger charge is -2.16. The summed E-state index contributed by atoms with van der Waals surface area (Å²) >= 11 is 0. The van der Waals surface area contributed by atoms with E-state index in [1.165, 1.54) is 0 Å². The number of aliphatic hydroxyl groups excluding tert-OH is 2. The zero-order valence-electron chi connectivity index (χ0n) is 20.9. The number of rotatable bonds is 13. The van der Waals surface area contributed by atoms with Crippen molar-refractivity contribution in [1.82, 2.24) is 0 Å². The van der Waals surface area contributed by atoms with E-state index in [0.29, 0.717) is 6.61 Å². The molecule has 0 saturated carbocycles. The first-order valence-electron chi connectivity index (χ1n) is 12.3. The Morgan fingerprint density at radius 1 is 0.486 bits per heavy atom. The highest BCUT2D eigenvalue weighted by molar-refractivity contribution is 5.65. The highest BCUT2D eigenvalue weighted by Gasteiger charge is 2.07. The Kier molecular flexibility index (Phi) is 9.41. The van der Waals surface area contributed by atoms with Crippen molar-refractivity contribution in [3.05, 3.63) is 97.1 Å². The van der Waals surface area contributed by atoms with Crippen molar-refractivity contribution in [3.8, 4) is 45.3 Å². The van der Waals surface area contributed by atoms with Crippen molar-refractivity contribution in [2.75, 3.05) is 33.0 Å². The standard InChI is InChI=1S/C31H32O6/c1-23(37-31-16-8-27(9-17-31)25-4-12-29(13-5-25)35-21-19-33)22-36-30-14-6-26(7-15-30)24-2-10-28(11-3-24)34-20-18-32/h2-17,23,32-33H,18-22H2,1H3. The third-order valence-electron chi connectivity index (χ3n) is 5.63. The second kappa shape index (κ2) is 13.3. The van der Waals surface area contributed by atoms with Crippen LogP contribution in [-0.4, -0.2) is 49.4 Å². The van der Waals surface area contributed by atoms with E-state index in [0.717, 1.165) is 45.3 Å². The summed E-state index contributed by atoms with van der Waals surface area (Å²) in [5, 5.41) is 17.7. The van der Waals surface area contributed by atoms with Crippen molar-refractivity contribution >= 4 is 0 Å². The molecule has 4 rings (SSSR count). The maximum Gasteiger partial charge on any atom is 0.130 e. The minimum atomic E-state index is -0.125. The molecule has 1 unspecified atom stereocenters. The maximum absolute atomic E-state index is 8.86. The Bertz CT molecular complexity index is 1200. The van der Waals surface area contributed by atoms with E-state index >= 15 is 0 Å². The molecule has 0 heterocycles. The summed E-state index contributed by atoms with van der Waals surface area (Å²) in [7, 11) is 0. The number of benzene rings is 4. The highest BCUT2D eigenvalue weighted by atomic mass is 16.5. The molecule has 2 N–H and O–H groups in total. The van der Waals surface area contributed by atoms with Gasteiger partial charge in [-0.2, -0.15) is 0 Å². The Balaban J connectivity index is 1.25. The smallest absolute Gasteiger partial charge is 0.130 e. The average molecular weight is 501 g/mol. The molecule has 37 heavy (non-hydrogen) atoms. The Labute approximate surface area is 217 Å². The Hall–Kier alpha value is -4.00. The van der Waals surface area contributed by atoms with E-state index in [1.807, 2.05) is 104 Å². The van der Waals surface area contributed by atoms with Crippen LogP contribution in [0.1, 0.15) is 6.92 Å². The third-order valence-corrected chi connectivity index (χ3v) is 5.63. The summed E-state index contributed by atoms with van der Waals surface area (Å²) in [5.74, 6) is 3.04. The minimum absolute atomic E-state index is 0.00166. The molecule has 0 aromatic heterocycles. The lowest BCUT2D eigenvalue weighted by atomic mass is 10.1. The van der Waals surface area contributed by atoms with E-state index in [2.05, 4.69) is 0 Å². The molecule has 0 spiro atoms. The fourth-order valence-electron chi connectivity index (χ4n) is 3.76. The van der Waals surface area contributed by atoms with Crippen LogP contribution >= 0.6 is 0 Å². The maximum atomic E-state index is 8.86. The van der Waals surface area contributed by atoms with Crippen LogP contribution in [0.15, 0.2) is 97.1 Å². The molecular weight excluding hydrogens is 468 g/mol. The summed E-state index contributed by atoms with van der Waals surface area (Å²) in [5.41, 5.74) is 4.32. The van der Waals surface area contributed by atoms with Crippen molar-refractivity contribution in [2.45, 2.75) is 13.0 Å². The van der Waals surface area contributed by atoms with Crippen LogP contribution in [-0.2, 0) is 0 Å².